The van der Waals surface area contributed by atoms with Gasteiger partial charge in [0, 0.05) is 25.0 Å². The fourth-order valence-electron chi connectivity index (χ4n) is 4.35. The van der Waals surface area contributed by atoms with Crippen molar-refractivity contribution in [1.29, 1.82) is 0 Å². The van der Waals surface area contributed by atoms with Crippen LogP contribution in [0.1, 0.15) is 49.8 Å². The van der Waals surface area contributed by atoms with E-state index in [0.29, 0.717) is 24.9 Å². The number of aliphatic hydroxyl groups is 1. The van der Waals surface area contributed by atoms with E-state index in [9.17, 15) is 23.1 Å². The van der Waals surface area contributed by atoms with Gasteiger partial charge in [0.2, 0.25) is 5.91 Å². The molecule has 3 atom stereocenters. The Balaban J connectivity index is 1.97. The molecule has 1 aromatic carbocycles. The molecule has 0 unspecified atom stereocenters. The van der Waals surface area contributed by atoms with Gasteiger partial charge >= 0.3 is 6.18 Å². The standard InChI is InChI=1S/C18H23F3N2O2/c1-17-11-14(12-4-2-5-13(10-12)18(19,20)21)23(8-9-24)15(17)6-3-7-16(25)22-17/h2,4-5,10,14-15,24H,3,6-9,11H2,1H3,(H,22,25)/t14-,15-,17-/m0/s1. The molecule has 0 spiro atoms. The molecule has 0 saturated carbocycles. The van der Waals surface area contributed by atoms with Crippen LogP contribution < -0.4 is 5.32 Å². The van der Waals surface area contributed by atoms with E-state index in [0.717, 1.165) is 18.9 Å². The fraction of sp³-hybridized carbons (Fsp3) is 0.611. The number of hydrogen-bond acceptors (Lipinski definition) is 3. The van der Waals surface area contributed by atoms with Crippen LogP contribution in [0.3, 0.4) is 0 Å². The summed E-state index contributed by atoms with van der Waals surface area (Å²) in [7, 11) is 0. The van der Waals surface area contributed by atoms with Crippen LogP contribution in [-0.4, -0.2) is 40.6 Å². The van der Waals surface area contributed by atoms with Crippen LogP contribution in [0, 0.1) is 0 Å². The van der Waals surface area contributed by atoms with Gasteiger partial charge in [0.25, 0.3) is 0 Å². The third-order valence-corrected chi connectivity index (χ3v) is 5.42. The Bertz CT molecular complexity index is 649. The number of benzene rings is 1. The average molecular weight is 356 g/mol. The van der Waals surface area contributed by atoms with Crippen molar-refractivity contribution in [1.82, 2.24) is 10.2 Å². The Morgan fingerprint density at radius 1 is 1.40 bits per heavy atom. The molecule has 0 aliphatic carbocycles. The number of rotatable bonds is 3. The lowest BCUT2D eigenvalue weighted by atomic mass is 9.88. The van der Waals surface area contributed by atoms with E-state index < -0.39 is 17.3 Å². The van der Waals surface area contributed by atoms with Crippen LogP contribution in [-0.2, 0) is 11.0 Å². The number of nitrogens with zero attached hydrogens (tertiary/aromatic N) is 1. The molecule has 2 saturated heterocycles. The van der Waals surface area contributed by atoms with E-state index in [1.165, 1.54) is 12.1 Å². The second-order valence-electron chi connectivity index (χ2n) is 7.18. The Morgan fingerprint density at radius 3 is 2.84 bits per heavy atom. The summed E-state index contributed by atoms with van der Waals surface area (Å²) >= 11 is 0. The van der Waals surface area contributed by atoms with Gasteiger partial charge in [0.1, 0.15) is 0 Å². The quantitative estimate of drug-likeness (QED) is 0.876. The van der Waals surface area contributed by atoms with Crippen LogP contribution in [0.4, 0.5) is 13.2 Å². The number of halogens is 3. The number of alkyl halides is 3. The van der Waals surface area contributed by atoms with Crippen LogP contribution in [0.25, 0.3) is 0 Å². The number of carbonyl (C=O) groups excluding carboxylic acids is 1. The monoisotopic (exact) mass is 356 g/mol. The molecular formula is C18H23F3N2O2. The minimum atomic E-state index is -4.39. The predicted octanol–water partition coefficient (Wildman–Crippen LogP) is 2.87. The first-order valence-corrected chi connectivity index (χ1v) is 8.59. The van der Waals surface area contributed by atoms with Gasteiger partial charge in [-0.05, 0) is 43.9 Å². The summed E-state index contributed by atoms with van der Waals surface area (Å²) in [6, 6.07) is 5.11. The number of hydrogen-bond donors (Lipinski definition) is 2. The van der Waals surface area contributed by atoms with Crippen molar-refractivity contribution in [3.63, 3.8) is 0 Å². The van der Waals surface area contributed by atoms with Crippen molar-refractivity contribution in [3.05, 3.63) is 35.4 Å². The number of likely N-dealkylation sites (tertiary alicyclic amines) is 1. The molecule has 2 aliphatic heterocycles. The second-order valence-corrected chi connectivity index (χ2v) is 7.18. The molecule has 2 heterocycles. The fourth-order valence-corrected chi connectivity index (χ4v) is 4.35. The van der Waals surface area contributed by atoms with E-state index in [1.807, 2.05) is 6.92 Å². The number of amides is 1. The highest BCUT2D eigenvalue weighted by Gasteiger charge is 2.50. The second kappa shape index (κ2) is 6.61. The maximum atomic E-state index is 13.1. The average Bonchev–Trinajstić information content (AvgIpc) is 2.70. The number of fused-ring (bicyclic) bond motifs is 1. The van der Waals surface area contributed by atoms with E-state index in [4.69, 9.17) is 0 Å². The molecule has 0 radical (unpaired) electrons. The first-order valence-electron chi connectivity index (χ1n) is 8.59. The Labute approximate surface area is 145 Å². The summed E-state index contributed by atoms with van der Waals surface area (Å²) in [6.45, 7) is 2.26. The Morgan fingerprint density at radius 2 is 2.16 bits per heavy atom. The van der Waals surface area contributed by atoms with Crippen molar-refractivity contribution in [3.8, 4) is 0 Å². The highest BCUT2D eigenvalue weighted by atomic mass is 19.4. The number of nitrogens with one attached hydrogen (secondary N) is 1. The molecule has 25 heavy (non-hydrogen) atoms. The summed E-state index contributed by atoms with van der Waals surface area (Å²) in [6.07, 6.45) is -1.87. The van der Waals surface area contributed by atoms with Gasteiger partial charge in [-0.3, -0.25) is 9.69 Å². The largest absolute Gasteiger partial charge is 0.416 e. The minimum Gasteiger partial charge on any atom is -0.395 e. The minimum absolute atomic E-state index is 0.00522. The van der Waals surface area contributed by atoms with Gasteiger partial charge in [-0.2, -0.15) is 13.2 Å². The number of aliphatic hydroxyl groups excluding tert-OH is 1. The van der Waals surface area contributed by atoms with Gasteiger partial charge in [-0.15, -0.1) is 0 Å². The first kappa shape index (κ1) is 18.2. The molecule has 1 aromatic rings. The molecule has 138 valence electrons. The molecule has 2 aliphatic rings. The summed E-state index contributed by atoms with van der Waals surface area (Å²) < 4.78 is 39.2. The van der Waals surface area contributed by atoms with Crippen molar-refractivity contribution in [2.45, 2.75) is 56.4 Å². The maximum absolute atomic E-state index is 13.1. The topological polar surface area (TPSA) is 52.6 Å². The van der Waals surface area contributed by atoms with E-state index in [2.05, 4.69) is 10.2 Å². The summed E-state index contributed by atoms with van der Waals surface area (Å²) in [4.78, 5) is 14.1. The van der Waals surface area contributed by atoms with Gasteiger partial charge in [0.15, 0.2) is 0 Å². The third-order valence-electron chi connectivity index (χ3n) is 5.42. The maximum Gasteiger partial charge on any atom is 0.416 e. The van der Waals surface area contributed by atoms with Crippen LogP contribution in [0.2, 0.25) is 0 Å². The molecule has 1 amide bonds. The molecular weight excluding hydrogens is 333 g/mol. The van der Waals surface area contributed by atoms with Crippen LogP contribution >= 0.6 is 0 Å². The zero-order chi connectivity index (χ0) is 18.2. The normalized spacial score (nSPS) is 30.7. The van der Waals surface area contributed by atoms with Gasteiger partial charge in [-0.1, -0.05) is 12.1 Å². The SMILES string of the molecule is C[C@]12C[C@@H](c3cccc(C(F)(F)F)c3)N(CCO)[C@H]1CCCC(=O)N2. The lowest BCUT2D eigenvalue weighted by Crippen LogP contribution is -2.53. The zero-order valence-corrected chi connectivity index (χ0v) is 14.1. The molecule has 2 N–H and O–H groups in total. The zero-order valence-electron chi connectivity index (χ0n) is 14.1. The first-order chi connectivity index (χ1) is 11.7. The van der Waals surface area contributed by atoms with Crippen LogP contribution in [0.15, 0.2) is 24.3 Å². The molecule has 0 aromatic heterocycles. The van der Waals surface area contributed by atoms with Crippen molar-refractivity contribution >= 4 is 5.91 Å². The highest BCUT2D eigenvalue weighted by Crippen LogP contribution is 2.45. The lowest BCUT2D eigenvalue weighted by molar-refractivity contribution is -0.137. The van der Waals surface area contributed by atoms with Gasteiger partial charge < -0.3 is 10.4 Å². The van der Waals surface area contributed by atoms with Crippen molar-refractivity contribution in [2.75, 3.05) is 13.2 Å². The van der Waals surface area contributed by atoms with E-state index in [1.54, 1.807) is 6.07 Å². The van der Waals surface area contributed by atoms with E-state index in [-0.39, 0.29) is 24.6 Å². The van der Waals surface area contributed by atoms with Gasteiger partial charge in [-0.25, -0.2) is 0 Å². The molecule has 4 nitrogen and oxygen atoms in total. The molecule has 0 bridgehead atoms. The van der Waals surface area contributed by atoms with E-state index >= 15 is 0 Å². The molecule has 2 fully saturated rings. The Hall–Kier alpha value is -1.60. The Kier molecular flexibility index (Phi) is 4.81. The van der Waals surface area contributed by atoms with Crippen LogP contribution in [0.5, 0.6) is 0 Å². The summed E-state index contributed by atoms with van der Waals surface area (Å²) in [5, 5.41) is 12.5. The number of β-amino-alcohol motifs (C(OH)–C–C–N with tert-alkyl or cyclic N) is 1. The number of carbonyl (C=O) groups is 1. The smallest absolute Gasteiger partial charge is 0.395 e. The van der Waals surface area contributed by atoms with Crippen molar-refractivity contribution in [2.24, 2.45) is 0 Å². The lowest BCUT2D eigenvalue weighted by Gasteiger charge is -2.34. The van der Waals surface area contributed by atoms with Gasteiger partial charge in [0.05, 0.1) is 17.7 Å². The third kappa shape index (κ3) is 3.53. The molecule has 7 heteroatoms. The summed E-state index contributed by atoms with van der Waals surface area (Å²) in [5.74, 6) is -0.0151. The van der Waals surface area contributed by atoms with Crippen molar-refractivity contribution < 1.29 is 23.1 Å². The highest BCUT2D eigenvalue weighted by molar-refractivity contribution is 5.77. The predicted molar refractivity (Wildman–Crippen MR) is 86.8 cm³/mol. The summed E-state index contributed by atoms with van der Waals surface area (Å²) in [5.41, 5.74) is -0.594. The molecule has 3 rings (SSSR count).